The third kappa shape index (κ3) is 4.30. The first-order chi connectivity index (χ1) is 12.0. The molecule has 0 N–H and O–H groups in total. The molecule has 3 rings (SSSR count). The average Bonchev–Trinajstić information content (AvgIpc) is 2.64. The van der Waals surface area contributed by atoms with Gasteiger partial charge >= 0.3 is 0 Å². The van der Waals surface area contributed by atoms with Crippen molar-refractivity contribution in [1.29, 1.82) is 0 Å². The summed E-state index contributed by atoms with van der Waals surface area (Å²) >= 11 is 5.87. The Morgan fingerprint density at radius 1 is 1.20 bits per heavy atom. The number of hydrogen-bond acceptors (Lipinski definition) is 3. The Hall–Kier alpha value is -2.11. The van der Waals surface area contributed by atoms with Crippen molar-refractivity contribution >= 4 is 23.2 Å². The maximum Gasteiger partial charge on any atom is 0.256 e. The van der Waals surface area contributed by atoms with Gasteiger partial charge in [0.15, 0.2) is 0 Å². The lowest BCUT2D eigenvalue weighted by molar-refractivity contribution is 0.0780. The van der Waals surface area contributed by atoms with Gasteiger partial charge in [0.05, 0.1) is 18.8 Å². The number of nitrogens with zero attached hydrogens (tertiary/aromatic N) is 2. The predicted molar refractivity (Wildman–Crippen MR) is 96.7 cm³/mol. The number of benzene rings is 2. The fourth-order valence-corrected chi connectivity index (χ4v) is 3.02. The summed E-state index contributed by atoms with van der Waals surface area (Å²) < 4.78 is 19.2. The van der Waals surface area contributed by atoms with Crippen molar-refractivity contribution in [3.8, 4) is 0 Å². The van der Waals surface area contributed by atoms with Crippen molar-refractivity contribution in [3.05, 3.63) is 64.4 Å². The lowest BCUT2D eigenvalue weighted by Gasteiger charge is -2.29. The summed E-state index contributed by atoms with van der Waals surface area (Å²) in [6, 6.07) is 12.1. The molecule has 0 atom stereocenters. The van der Waals surface area contributed by atoms with Crippen LogP contribution in [0.4, 0.5) is 10.1 Å². The first kappa shape index (κ1) is 17.7. The van der Waals surface area contributed by atoms with Crippen LogP contribution in [0.2, 0.25) is 5.02 Å². The summed E-state index contributed by atoms with van der Waals surface area (Å²) in [5.41, 5.74) is 2.11. The number of carbonyl (C=O) groups excluding carboxylic acids is 1. The van der Waals surface area contributed by atoms with E-state index in [2.05, 4.69) is 4.90 Å². The molecule has 0 unspecified atom stereocenters. The number of hydrogen-bond donors (Lipinski definition) is 0. The molecule has 2 aromatic rings. The number of anilines is 1. The molecule has 1 fully saturated rings. The van der Waals surface area contributed by atoms with E-state index in [1.165, 1.54) is 23.1 Å². The molecule has 0 spiro atoms. The molecule has 0 aromatic heterocycles. The highest BCUT2D eigenvalue weighted by Crippen LogP contribution is 2.19. The molecule has 0 saturated carbocycles. The average molecular weight is 363 g/mol. The van der Waals surface area contributed by atoms with Gasteiger partial charge in [0.2, 0.25) is 0 Å². The van der Waals surface area contributed by atoms with Gasteiger partial charge in [0, 0.05) is 37.4 Å². The molecule has 1 amide bonds. The highest BCUT2D eigenvalue weighted by molar-refractivity contribution is 6.31. The molecule has 1 heterocycles. The van der Waals surface area contributed by atoms with E-state index < -0.39 is 11.7 Å². The first-order valence-corrected chi connectivity index (χ1v) is 8.54. The summed E-state index contributed by atoms with van der Waals surface area (Å²) in [5.74, 6) is -0.957. The lowest BCUT2D eigenvalue weighted by Crippen LogP contribution is -2.36. The Morgan fingerprint density at radius 2 is 1.88 bits per heavy atom. The molecule has 1 saturated heterocycles. The highest BCUT2D eigenvalue weighted by atomic mass is 35.5. The minimum Gasteiger partial charge on any atom is -0.378 e. The minimum absolute atomic E-state index is 0.0139. The molecule has 6 heteroatoms. The molecular weight excluding hydrogens is 343 g/mol. The fourth-order valence-electron chi connectivity index (χ4n) is 2.85. The van der Waals surface area contributed by atoms with Gasteiger partial charge in [0.1, 0.15) is 5.82 Å². The van der Waals surface area contributed by atoms with Gasteiger partial charge in [-0.15, -0.1) is 0 Å². The molecule has 1 aliphatic heterocycles. The molecule has 4 nitrogen and oxygen atoms in total. The third-order valence-corrected chi connectivity index (χ3v) is 4.47. The van der Waals surface area contributed by atoms with Crippen LogP contribution >= 0.6 is 11.6 Å². The van der Waals surface area contributed by atoms with Gasteiger partial charge < -0.3 is 14.5 Å². The zero-order valence-electron chi connectivity index (χ0n) is 14.0. The fraction of sp³-hybridized carbons (Fsp3) is 0.316. The molecule has 0 bridgehead atoms. The van der Waals surface area contributed by atoms with Crippen molar-refractivity contribution < 1.29 is 13.9 Å². The summed E-state index contributed by atoms with van der Waals surface area (Å²) in [5, 5.41) is 0.341. The monoisotopic (exact) mass is 362 g/mol. The number of ether oxygens (including phenoxy) is 1. The van der Waals surface area contributed by atoms with Crippen LogP contribution in [0.25, 0.3) is 0 Å². The summed E-state index contributed by atoms with van der Waals surface area (Å²) in [7, 11) is 1.65. The predicted octanol–water partition coefficient (Wildman–Crippen LogP) is 3.59. The zero-order valence-corrected chi connectivity index (χ0v) is 14.8. The number of amides is 1. The van der Waals surface area contributed by atoms with E-state index in [4.69, 9.17) is 16.3 Å². The number of morpholine rings is 1. The summed E-state index contributed by atoms with van der Waals surface area (Å²) in [6.45, 7) is 3.64. The van der Waals surface area contributed by atoms with E-state index in [0.29, 0.717) is 11.6 Å². The maximum atomic E-state index is 13.9. The van der Waals surface area contributed by atoms with Crippen LogP contribution in [-0.2, 0) is 11.3 Å². The zero-order chi connectivity index (χ0) is 17.8. The molecule has 2 aromatic carbocycles. The Morgan fingerprint density at radius 3 is 2.56 bits per heavy atom. The Labute approximate surface area is 151 Å². The minimum atomic E-state index is -0.566. The van der Waals surface area contributed by atoms with Crippen LogP contribution in [0.5, 0.6) is 0 Å². The number of halogens is 2. The van der Waals surface area contributed by atoms with Gasteiger partial charge in [-0.1, -0.05) is 23.7 Å². The SMILES string of the molecule is CN(Cc1ccc(N2CCOCC2)cc1)C(=O)c1cc(Cl)ccc1F. The number of rotatable bonds is 4. The van der Waals surface area contributed by atoms with E-state index in [1.54, 1.807) is 7.05 Å². The Bertz CT molecular complexity index is 746. The molecular formula is C19H20ClFN2O2. The van der Waals surface area contributed by atoms with E-state index >= 15 is 0 Å². The van der Waals surface area contributed by atoms with E-state index in [1.807, 2.05) is 24.3 Å². The third-order valence-electron chi connectivity index (χ3n) is 4.24. The van der Waals surface area contributed by atoms with Gasteiger partial charge in [-0.05, 0) is 35.9 Å². The van der Waals surface area contributed by atoms with Gasteiger partial charge in [-0.25, -0.2) is 4.39 Å². The van der Waals surface area contributed by atoms with Crippen LogP contribution in [0.1, 0.15) is 15.9 Å². The van der Waals surface area contributed by atoms with Crippen LogP contribution < -0.4 is 4.90 Å². The van der Waals surface area contributed by atoms with Crippen LogP contribution in [0, 0.1) is 5.82 Å². The van der Waals surface area contributed by atoms with Crippen molar-refractivity contribution in [2.24, 2.45) is 0 Å². The van der Waals surface area contributed by atoms with Crippen molar-refractivity contribution in [2.45, 2.75) is 6.54 Å². The maximum absolute atomic E-state index is 13.9. The largest absolute Gasteiger partial charge is 0.378 e. The van der Waals surface area contributed by atoms with Gasteiger partial charge in [-0.3, -0.25) is 4.79 Å². The van der Waals surface area contributed by atoms with Crippen molar-refractivity contribution in [2.75, 3.05) is 38.3 Å². The number of carbonyl (C=O) groups is 1. The van der Waals surface area contributed by atoms with Gasteiger partial charge in [-0.2, -0.15) is 0 Å². The highest BCUT2D eigenvalue weighted by Gasteiger charge is 2.17. The normalized spacial score (nSPS) is 14.4. The molecule has 0 radical (unpaired) electrons. The quantitative estimate of drug-likeness (QED) is 0.833. The smallest absolute Gasteiger partial charge is 0.256 e. The second kappa shape index (κ2) is 7.85. The van der Waals surface area contributed by atoms with E-state index in [9.17, 15) is 9.18 Å². The molecule has 1 aliphatic rings. The Kier molecular flexibility index (Phi) is 5.56. The van der Waals surface area contributed by atoms with Crippen molar-refractivity contribution in [3.63, 3.8) is 0 Å². The summed E-state index contributed by atoms with van der Waals surface area (Å²) in [4.78, 5) is 16.2. The van der Waals surface area contributed by atoms with Gasteiger partial charge in [0.25, 0.3) is 5.91 Å². The molecule has 0 aliphatic carbocycles. The van der Waals surface area contributed by atoms with Crippen LogP contribution in [-0.4, -0.2) is 44.2 Å². The van der Waals surface area contributed by atoms with E-state index in [0.717, 1.165) is 37.6 Å². The van der Waals surface area contributed by atoms with E-state index in [-0.39, 0.29) is 5.56 Å². The van der Waals surface area contributed by atoms with Crippen molar-refractivity contribution in [1.82, 2.24) is 4.90 Å². The van der Waals surface area contributed by atoms with Crippen LogP contribution in [0.15, 0.2) is 42.5 Å². The van der Waals surface area contributed by atoms with Crippen LogP contribution in [0.3, 0.4) is 0 Å². The lowest BCUT2D eigenvalue weighted by atomic mass is 10.1. The standard InChI is InChI=1S/C19H20ClFN2O2/c1-22(19(24)17-12-15(20)4-7-18(17)21)13-14-2-5-16(6-3-14)23-8-10-25-11-9-23/h2-7,12H,8-11,13H2,1H3. The summed E-state index contributed by atoms with van der Waals surface area (Å²) in [6.07, 6.45) is 0. The topological polar surface area (TPSA) is 32.8 Å². The first-order valence-electron chi connectivity index (χ1n) is 8.17. The second-order valence-electron chi connectivity index (χ2n) is 6.05. The molecule has 132 valence electrons. The Balaban J connectivity index is 1.67. The molecule has 25 heavy (non-hydrogen) atoms. The second-order valence-corrected chi connectivity index (χ2v) is 6.49.